The first-order valence-electron chi connectivity index (χ1n) is 10.1. The number of ketones is 1. The molecule has 1 aromatic heterocycles. The molecule has 1 heterocycles. The highest BCUT2D eigenvalue weighted by Gasteiger charge is 2.27. The first kappa shape index (κ1) is 23.0. The van der Waals surface area contributed by atoms with Gasteiger partial charge in [-0.25, -0.2) is 17.9 Å². The normalized spacial score (nSPS) is 11.6. The van der Waals surface area contributed by atoms with E-state index < -0.39 is 21.7 Å². The summed E-state index contributed by atoms with van der Waals surface area (Å²) >= 11 is 0. The number of carbonyl (C=O) groups is 2. The Morgan fingerprint density at radius 2 is 1.68 bits per heavy atom. The number of methoxy groups -OCH3 is 1. The molecule has 0 saturated carbocycles. The van der Waals surface area contributed by atoms with E-state index in [4.69, 9.17) is 9.94 Å². The van der Waals surface area contributed by atoms with Gasteiger partial charge in [-0.1, -0.05) is 42.5 Å². The predicted molar refractivity (Wildman–Crippen MR) is 126 cm³/mol. The standard InChI is InChI=1S/C25H20N2O6S/c1-33-20-12-13-22-19(15-20)16-23(27(22)34(31,32)21-5-3-2-4-6-21)25(29)18-10-7-17(8-11-18)9-14-24(28)26-30/h2-16,30H,1H3,(H,26,28)/b14-9+. The van der Waals surface area contributed by atoms with Crippen LogP contribution in [0.25, 0.3) is 17.0 Å². The molecule has 0 saturated heterocycles. The molecule has 0 bridgehead atoms. The first-order valence-corrected chi connectivity index (χ1v) is 11.6. The van der Waals surface area contributed by atoms with Crippen molar-refractivity contribution in [2.75, 3.05) is 7.11 Å². The average Bonchev–Trinajstić information content (AvgIpc) is 3.27. The maximum Gasteiger partial charge on any atom is 0.268 e. The third kappa shape index (κ3) is 4.34. The quantitative estimate of drug-likeness (QED) is 0.182. The Bertz CT molecular complexity index is 1500. The zero-order valence-electron chi connectivity index (χ0n) is 18.0. The van der Waals surface area contributed by atoms with Crippen LogP contribution in [-0.2, 0) is 14.8 Å². The number of ether oxygens (including phenoxy) is 1. The number of amides is 1. The molecule has 0 aliphatic heterocycles. The summed E-state index contributed by atoms with van der Waals surface area (Å²) in [6.45, 7) is 0. The minimum atomic E-state index is -4.08. The summed E-state index contributed by atoms with van der Waals surface area (Å²) < 4.78 is 33.4. The minimum Gasteiger partial charge on any atom is -0.497 e. The van der Waals surface area contributed by atoms with Crippen LogP contribution in [0, 0.1) is 0 Å². The van der Waals surface area contributed by atoms with E-state index in [1.807, 2.05) is 0 Å². The van der Waals surface area contributed by atoms with E-state index in [1.54, 1.807) is 48.5 Å². The number of carbonyl (C=O) groups excluding carboxylic acids is 2. The smallest absolute Gasteiger partial charge is 0.268 e. The van der Waals surface area contributed by atoms with Gasteiger partial charge in [0.25, 0.3) is 15.9 Å². The molecule has 4 aromatic rings. The summed E-state index contributed by atoms with van der Waals surface area (Å²) in [6, 6.07) is 20.6. The fourth-order valence-corrected chi connectivity index (χ4v) is 5.04. The lowest BCUT2D eigenvalue weighted by Crippen LogP contribution is -2.19. The Hall–Kier alpha value is -4.21. The summed E-state index contributed by atoms with van der Waals surface area (Å²) in [6.07, 6.45) is 2.59. The molecular weight excluding hydrogens is 456 g/mol. The molecule has 0 aliphatic carbocycles. The van der Waals surface area contributed by atoms with Gasteiger partial charge in [-0.05, 0) is 48.0 Å². The summed E-state index contributed by atoms with van der Waals surface area (Å²) in [7, 11) is -2.57. The second kappa shape index (κ2) is 9.34. The van der Waals surface area contributed by atoms with Crippen LogP contribution in [0.1, 0.15) is 21.6 Å². The molecule has 3 aromatic carbocycles. The molecule has 4 rings (SSSR count). The lowest BCUT2D eigenvalue weighted by atomic mass is 10.1. The summed E-state index contributed by atoms with van der Waals surface area (Å²) in [5.41, 5.74) is 2.70. The van der Waals surface area contributed by atoms with Gasteiger partial charge in [-0.3, -0.25) is 14.8 Å². The van der Waals surface area contributed by atoms with Crippen molar-refractivity contribution in [3.8, 4) is 5.75 Å². The number of nitrogens with one attached hydrogen (secondary N) is 1. The molecule has 0 spiro atoms. The Morgan fingerprint density at radius 3 is 2.32 bits per heavy atom. The zero-order valence-corrected chi connectivity index (χ0v) is 18.8. The van der Waals surface area contributed by atoms with E-state index in [0.717, 1.165) is 10.0 Å². The van der Waals surface area contributed by atoms with Gasteiger partial charge in [0.2, 0.25) is 5.78 Å². The van der Waals surface area contributed by atoms with Crippen LogP contribution in [0.3, 0.4) is 0 Å². The van der Waals surface area contributed by atoms with Crippen LogP contribution >= 0.6 is 0 Å². The van der Waals surface area contributed by atoms with Crippen LogP contribution in [0.5, 0.6) is 5.75 Å². The van der Waals surface area contributed by atoms with Crippen LogP contribution < -0.4 is 10.2 Å². The van der Waals surface area contributed by atoms with Gasteiger partial charge in [-0.15, -0.1) is 0 Å². The third-order valence-corrected chi connectivity index (χ3v) is 6.93. The van der Waals surface area contributed by atoms with Crippen molar-refractivity contribution in [3.63, 3.8) is 0 Å². The fourth-order valence-electron chi connectivity index (χ4n) is 3.51. The molecule has 172 valence electrons. The second-order valence-corrected chi connectivity index (χ2v) is 9.08. The van der Waals surface area contributed by atoms with E-state index in [9.17, 15) is 18.0 Å². The molecule has 0 atom stereocenters. The number of aromatic nitrogens is 1. The highest BCUT2D eigenvalue weighted by molar-refractivity contribution is 7.90. The molecule has 1 amide bonds. The average molecular weight is 477 g/mol. The zero-order chi connectivity index (χ0) is 24.3. The highest BCUT2D eigenvalue weighted by Crippen LogP contribution is 2.30. The molecule has 0 fully saturated rings. The molecule has 0 radical (unpaired) electrons. The van der Waals surface area contributed by atoms with E-state index in [-0.39, 0.29) is 16.2 Å². The van der Waals surface area contributed by atoms with Gasteiger partial charge >= 0.3 is 0 Å². The number of hydrogen-bond donors (Lipinski definition) is 2. The van der Waals surface area contributed by atoms with Gasteiger partial charge in [0.15, 0.2) is 0 Å². The van der Waals surface area contributed by atoms with E-state index >= 15 is 0 Å². The molecule has 2 N–H and O–H groups in total. The fraction of sp³-hybridized carbons (Fsp3) is 0.0400. The number of fused-ring (bicyclic) bond motifs is 1. The molecule has 0 unspecified atom stereocenters. The van der Waals surface area contributed by atoms with Crippen LogP contribution in [0.15, 0.2) is 89.8 Å². The molecule has 34 heavy (non-hydrogen) atoms. The highest BCUT2D eigenvalue weighted by atomic mass is 32.2. The Balaban J connectivity index is 1.83. The molecule has 0 aliphatic rings. The van der Waals surface area contributed by atoms with Crippen LogP contribution in [0.4, 0.5) is 0 Å². The number of benzene rings is 3. The monoisotopic (exact) mass is 476 g/mol. The lowest BCUT2D eigenvalue weighted by Gasteiger charge is -2.12. The maximum absolute atomic E-state index is 13.6. The number of hydrogen-bond acceptors (Lipinski definition) is 6. The summed E-state index contributed by atoms with van der Waals surface area (Å²) in [5, 5.41) is 9.11. The lowest BCUT2D eigenvalue weighted by molar-refractivity contribution is -0.124. The van der Waals surface area contributed by atoms with Crippen molar-refractivity contribution in [3.05, 3.63) is 102 Å². The van der Waals surface area contributed by atoms with Crippen molar-refractivity contribution in [1.29, 1.82) is 0 Å². The van der Waals surface area contributed by atoms with E-state index in [0.29, 0.717) is 22.2 Å². The number of rotatable bonds is 7. The van der Waals surface area contributed by atoms with Gasteiger partial charge in [0, 0.05) is 17.0 Å². The van der Waals surface area contributed by atoms with Crippen molar-refractivity contribution >= 4 is 38.7 Å². The third-order valence-electron chi connectivity index (χ3n) is 5.19. The Kier molecular flexibility index (Phi) is 6.31. The van der Waals surface area contributed by atoms with Crippen LogP contribution in [0.2, 0.25) is 0 Å². The Labute approximate surface area is 195 Å². The Morgan fingerprint density at radius 1 is 0.971 bits per heavy atom. The maximum atomic E-state index is 13.6. The van der Waals surface area contributed by atoms with Gasteiger partial charge in [0.1, 0.15) is 11.4 Å². The van der Waals surface area contributed by atoms with Gasteiger partial charge in [0.05, 0.1) is 17.5 Å². The predicted octanol–water partition coefficient (Wildman–Crippen LogP) is 3.64. The molecule has 9 heteroatoms. The van der Waals surface area contributed by atoms with Crippen LogP contribution in [-0.4, -0.2) is 36.4 Å². The second-order valence-electron chi connectivity index (χ2n) is 7.30. The van der Waals surface area contributed by atoms with Crippen molar-refractivity contribution < 1.29 is 28.0 Å². The van der Waals surface area contributed by atoms with E-state index in [1.165, 1.54) is 49.0 Å². The molecule has 8 nitrogen and oxygen atoms in total. The van der Waals surface area contributed by atoms with Crippen molar-refractivity contribution in [2.45, 2.75) is 4.90 Å². The summed E-state index contributed by atoms with van der Waals surface area (Å²) in [4.78, 5) is 24.7. The van der Waals surface area contributed by atoms with Crippen molar-refractivity contribution in [1.82, 2.24) is 9.45 Å². The van der Waals surface area contributed by atoms with Gasteiger partial charge < -0.3 is 4.74 Å². The molecular formula is C25H20N2O6S. The number of hydroxylamine groups is 1. The van der Waals surface area contributed by atoms with Gasteiger partial charge in [-0.2, -0.15) is 0 Å². The number of nitrogens with zero attached hydrogens (tertiary/aromatic N) is 1. The minimum absolute atomic E-state index is 0.0185. The topological polar surface area (TPSA) is 115 Å². The largest absolute Gasteiger partial charge is 0.497 e. The first-order chi connectivity index (χ1) is 16.3. The SMILES string of the molecule is COc1ccc2c(c1)cc(C(=O)c1ccc(/C=C/C(=O)NO)cc1)n2S(=O)(=O)c1ccccc1. The van der Waals surface area contributed by atoms with E-state index in [2.05, 4.69) is 0 Å². The van der Waals surface area contributed by atoms with Crippen molar-refractivity contribution in [2.24, 2.45) is 0 Å². The summed E-state index contributed by atoms with van der Waals surface area (Å²) in [5.74, 6) is -0.645.